The summed E-state index contributed by atoms with van der Waals surface area (Å²) in [6.45, 7) is 0. The van der Waals surface area contributed by atoms with E-state index in [0.717, 1.165) is 16.5 Å². The number of H-pyrrole nitrogens is 1. The van der Waals surface area contributed by atoms with Gasteiger partial charge in [0.1, 0.15) is 10.7 Å². The highest BCUT2D eigenvalue weighted by molar-refractivity contribution is 7.71. The van der Waals surface area contributed by atoms with Crippen molar-refractivity contribution in [2.75, 3.05) is 0 Å². The quantitative estimate of drug-likeness (QED) is 0.709. The van der Waals surface area contributed by atoms with Crippen LogP contribution >= 0.6 is 0 Å². The Kier molecular flexibility index (Phi) is 2.06. The molecule has 68 valence electrons. The first-order valence-corrected chi connectivity index (χ1v) is 5.30. The fraction of sp³-hybridized carbons (Fsp3) is 0.111. The summed E-state index contributed by atoms with van der Waals surface area (Å²) in [5.74, 6) is 0.104. The Labute approximate surface area is 77.3 Å². The Balaban J connectivity index is 2.60. The highest BCUT2D eigenvalue weighted by atomic mass is 32.2. The number of para-hydroxylation sites is 1. The van der Waals surface area contributed by atoms with Crippen LogP contribution in [0, 0.1) is 0 Å². The van der Waals surface area contributed by atoms with Crippen LogP contribution in [-0.2, 0) is 16.5 Å². The molecule has 0 aliphatic heterocycles. The van der Waals surface area contributed by atoms with Crippen LogP contribution < -0.4 is 0 Å². The minimum absolute atomic E-state index is 0.104. The van der Waals surface area contributed by atoms with E-state index in [1.54, 1.807) is 0 Å². The normalized spacial score (nSPS) is 11.2. The van der Waals surface area contributed by atoms with Crippen molar-refractivity contribution in [1.29, 1.82) is 0 Å². The van der Waals surface area contributed by atoms with Crippen molar-refractivity contribution < 1.29 is 8.42 Å². The van der Waals surface area contributed by atoms with Gasteiger partial charge < -0.3 is 4.98 Å². The van der Waals surface area contributed by atoms with Crippen molar-refractivity contribution in [3.8, 4) is 0 Å². The first kappa shape index (κ1) is 8.31. The van der Waals surface area contributed by atoms with E-state index in [0.29, 0.717) is 0 Å². The van der Waals surface area contributed by atoms with Gasteiger partial charge in [0.05, 0.1) is 5.75 Å². The van der Waals surface area contributed by atoms with E-state index in [9.17, 15) is 8.42 Å². The molecule has 0 aliphatic carbocycles. The highest BCUT2D eigenvalue weighted by Gasteiger charge is 2.01. The molecule has 0 aliphatic rings. The van der Waals surface area contributed by atoms with Crippen molar-refractivity contribution >= 4 is 21.6 Å². The van der Waals surface area contributed by atoms with E-state index in [4.69, 9.17) is 0 Å². The molecule has 1 aromatic heterocycles. The maximum atomic E-state index is 10.6. The van der Waals surface area contributed by atoms with Crippen LogP contribution in [0.5, 0.6) is 0 Å². The first-order valence-electron chi connectivity index (χ1n) is 3.94. The Bertz CT molecular complexity index is 491. The molecule has 0 spiro atoms. The van der Waals surface area contributed by atoms with Crippen LogP contribution in [0.2, 0.25) is 0 Å². The van der Waals surface area contributed by atoms with Crippen molar-refractivity contribution in [2.24, 2.45) is 0 Å². The minimum atomic E-state index is -2.35. The van der Waals surface area contributed by atoms with Gasteiger partial charge in [-0.1, -0.05) is 18.2 Å². The fourth-order valence-corrected chi connectivity index (χ4v) is 1.96. The summed E-state index contributed by atoms with van der Waals surface area (Å²) < 4.78 is 21.1. The van der Waals surface area contributed by atoms with Crippen LogP contribution in [0.4, 0.5) is 0 Å². The Morgan fingerprint density at radius 2 is 2.08 bits per heavy atom. The molecule has 0 radical (unpaired) electrons. The standard InChI is InChI=1S/C9H9NO2S/c11-13(12)6-8-3-1-2-7-4-5-10-9(7)8/h1-5,10,13H,6H2. The van der Waals surface area contributed by atoms with Gasteiger partial charge in [-0.25, -0.2) is 8.42 Å². The van der Waals surface area contributed by atoms with Crippen LogP contribution in [-0.4, -0.2) is 13.4 Å². The van der Waals surface area contributed by atoms with E-state index < -0.39 is 10.7 Å². The third kappa shape index (κ3) is 1.58. The smallest absolute Gasteiger partial charge is 0.144 e. The number of hydrogen-bond donors (Lipinski definition) is 2. The second-order valence-electron chi connectivity index (χ2n) is 2.85. The van der Waals surface area contributed by atoms with E-state index in [2.05, 4.69) is 4.98 Å². The summed E-state index contributed by atoms with van der Waals surface area (Å²) >= 11 is 0. The van der Waals surface area contributed by atoms with Gasteiger partial charge in [-0.05, 0) is 17.0 Å². The molecular weight excluding hydrogens is 186 g/mol. The number of aromatic nitrogens is 1. The highest BCUT2D eigenvalue weighted by Crippen LogP contribution is 2.17. The molecule has 2 rings (SSSR count). The third-order valence-corrected chi connectivity index (χ3v) is 2.57. The molecule has 13 heavy (non-hydrogen) atoms. The Morgan fingerprint density at radius 3 is 2.85 bits per heavy atom. The average Bonchev–Trinajstić information content (AvgIpc) is 2.51. The number of hydrogen-bond acceptors (Lipinski definition) is 2. The summed E-state index contributed by atoms with van der Waals surface area (Å²) in [7, 11) is -2.35. The molecule has 1 N–H and O–H groups in total. The lowest BCUT2D eigenvalue weighted by Crippen LogP contribution is -1.87. The summed E-state index contributed by atoms with van der Waals surface area (Å²) in [6.07, 6.45) is 1.81. The number of benzene rings is 1. The molecule has 4 heteroatoms. The number of fused-ring (bicyclic) bond motifs is 1. The van der Waals surface area contributed by atoms with Crippen molar-refractivity contribution in [3.05, 3.63) is 36.0 Å². The minimum Gasteiger partial charge on any atom is -0.361 e. The molecule has 2 aromatic rings. The van der Waals surface area contributed by atoms with Crippen LogP contribution in [0.1, 0.15) is 5.56 Å². The summed E-state index contributed by atoms with van der Waals surface area (Å²) in [5.41, 5.74) is 1.75. The summed E-state index contributed by atoms with van der Waals surface area (Å²) in [4.78, 5) is 3.03. The zero-order valence-electron chi connectivity index (χ0n) is 6.86. The zero-order valence-corrected chi connectivity index (χ0v) is 7.75. The Morgan fingerprint density at radius 1 is 1.23 bits per heavy atom. The maximum Gasteiger partial charge on any atom is 0.144 e. The Hall–Kier alpha value is -1.29. The SMILES string of the molecule is O=[SH](=O)Cc1cccc2cc[nH]c12. The van der Waals surface area contributed by atoms with Gasteiger partial charge in [0.15, 0.2) is 0 Å². The van der Waals surface area contributed by atoms with E-state index in [1.165, 1.54) is 0 Å². The fourth-order valence-electron chi connectivity index (χ4n) is 1.42. The molecule has 0 saturated carbocycles. The number of nitrogens with one attached hydrogen (secondary N) is 1. The van der Waals surface area contributed by atoms with Crippen LogP contribution in [0.15, 0.2) is 30.5 Å². The van der Waals surface area contributed by atoms with Gasteiger partial charge in [-0.3, -0.25) is 0 Å². The molecular formula is C9H9NO2S. The van der Waals surface area contributed by atoms with Gasteiger partial charge in [-0.15, -0.1) is 0 Å². The van der Waals surface area contributed by atoms with Crippen molar-refractivity contribution in [2.45, 2.75) is 5.75 Å². The van der Waals surface area contributed by atoms with E-state index in [1.807, 2.05) is 30.5 Å². The maximum absolute atomic E-state index is 10.6. The lowest BCUT2D eigenvalue weighted by atomic mass is 10.2. The number of aromatic amines is 1. The largest absolute Gasteiger partial charge is 0.361 e. The van der Waals surface area contributed by atoms with Gasteiger partial charge >= 0.3 is 0 Å². The van der Waals surface area contributed by atoms with E-state index >= 15 is 0 Å². The molecule has 0 bridgehead atoms. The predicted molar refractivity (Wildman–Crippen MR) is 52.3 cm³/mol. The number of thiol groups is 1. The number of rotatable bonds is 2. The molecule has 0 unspecified atom stereocenters. The monoisotopic (exact) mass is 195 g/mol. The van der Waals surface area contributed by atoms with Gasteiger partial charge in [0, 0.05) is 11.7 Å². The summed E-state index contributed by atoms with van der Waals surface area (Å²) in [6, 6.07) is 7.57. The lowest BCUT2D eigenvalue weighted by molar-refractivity contribution is 0.614. The second-order valence-corrected chi connectivity index (χ2v) is 3.83. The van der Waals surface area contributed by atoms with Gasteiger partial charge in [0.2, 0.25) is 0 Å². The average molecular weight is 195 g/mol. The molecule has 0 saturated heterocycles. The molecule has 0 atom stereocenters. The third-order valence-electron chi connectivity index (χ3n) is 1.97. The van der Waals surface area contributed by atoms with Gasteiger partial charge in [0.25, 0.3) is 0 Å². The summed E-state index contributed by atoms with van der Waals surface area (Å²) in [5, 5.41) is 1.05. The lowest BCUT2D eigenvalue weighted by Gasteiger charge is -1.96. The first-order chi connectivity index (χ1) is 6.27. The van der Waals surface area contributed by atoms with Crippen molar-refractivity contribution in [3.63, 3.8) is 0 Å². The molecule has 1 heterocycles. The van der Waals surface area contributed by atoms with Crippen molar-refractivity contribution in [1.82, 2.24) is 4.98 Å². The van der Waals surface area contributed by atoms with Gasteiger partial charge in [-0.2, -0.15) is 0 Å². The topological polar surface area (TPSA) is 49.9 Å². The molecule has 1 aromatic carbocycles. The van der Waals surface area contributed by atoms with E-state index in [-0.39, 0.29) is 5.75 Å². The zero-order chi connectivity index (χ0) is 9.26. The molecule has 3 nitrogen and oxygen atoms in total. The van der Waals surface area contributed by atoms with Crippen LogP contribution in [0.3, 0.4) is 0 Å². The second kappa shape index (κ2) is 3.22. The molecule has 0 fully saturated rings. The predicted octanol–water partition coefficient (Wildman–Crippen LogP) is 1.28. The molecule has 0 amide bonds. The van der Waals surface area contributed by atoms with Crippen LogP contribution in [0.25, 0.3) is 10.9 Å².